The smallest absolute Gasteiger partial charge is 0.186 e. The largest absolute Gasteiger partial charge is 0.289 e. The Bertz CT molecular complexity index is 756. The van der Waals surface area contributed by atoms with E-state index in [4.69, 9.17) is 0 Å². The van der Waals surface area contributed by atoms with Crippen molar-refractivity contribution in [2.75, 3.05) is 0 Å². The van der Waals surface area contributed by atoms with E-state index in [2.05, 4.69) is 52.0 Å². The summed E-state index contributed by atoms with van der Waals surface area (Å²) >= 11 is 1.82. The van der Waals surface area contributed by atoms with E-state index in [1.807, 2.05) is 43.8 Å². The normalized spacial score (nSPS) is 11.9. The van der Waals surface area contributed by atoms with Gasteiger partial charge in [0.15, 0.2) is 5.78 Å². The lowest BCUT2D eigenvalue weighted by Crippen LogP contribution is -2.07. The average molecular weight is 339 g/mol. The molecule has 0 saturated heterocycles. The molecule has 0 unspecified atom stereocenters. The summed E-state index contributed by atoms with van der Waals surface area (Å²) in [6.45, 7) is 12.7. The first-order valence-electron chi connectivity index (χ1n) is 8.26. The first-order valence-corrected chi connectivity index (χ1v) is 9.07. The van der Waals surface area contributed by atoms with E-state index < -0.39 is 0 Å². The highest BCUT2D eigenvalue weighted by Gasteiger charge is 2.14. The van der Waals surface area contributed by atoms with Crippen LogP contribution in [0.1, 0.15) is 53.4 Å². The van der Waals surface area contributed by atoms with Gasteiger partial charge in [-0.15, -0.1) is 11.8 Å². The van der Waals surface area contributed by atoms with Crippen LogP contribution in [0.2, 0.25) is 0 Å². The van der Waals surface area contributed by atoms with Crippen molar-refractivity contribution in [3.63, 3.8) is 0 Å². The summed E-state index contributed by atoms with van der Waals surface area (Å²) in [5.41, 5.74) is 5.18. The lowest BCUT2D eigenvalue weighted by molar-refractivity contribution is 0.104. The third kappa shape index (κ3) is 4.85. The Morgan fingerprint density at radius 1 is 1.00 bits per heavy atom. The molecule has 0 N–H and O–H groups in total. The third-order valence-electron chi connectivity index (χ3n) is 3.67. The summed E-state index contributed by atoms with van der Waals surface area (Å²) in [6.07, 6.45) is 3.64. The van der Waals surface area contributed by atoms with Gasteiger partial charge in [0.05, 0.1) is 0 Å². The molecule has 0 fully saturated rings. The molecule has 0 bridgehead atoms. The van der Waals surface area contributed by atoms with E-state index in [0.29, 0.717) is 0 Å². The number of hydrogen-bond donors (Lipinski definition) is 0. The molecule has 126 valence electrons. The number of thioether (sulfide) groups is 1. The minimum Gasteiger partial charge on any atom is -0.289 e. The number of aryl methyl sites for hydroxylation is 3. The predicted molar refractivity (Wildman–Crippen MR) is 106 cm³/mol. The summed E-state index contributed by atoms with van der Waals surface area (Å²) in [5.74, 6) is 0.0700. The van der Waals surface area contributed by atoms with Crippen LogP contribution in [0.25, 0.3) is 6.08 Å². The molecule has 0 aliphatic rings. The minimum atomic E-state index is 0.0700. The standard InChI is InChI=1S/C22H26OS/c1-15-13-16(2)21(17(3)14-15)19(23)12-11-18-9-7-8-10-20(18)24-22(4,5)6/h7-14H,1-6H3. The maximum Gasteiger partial charge on any atom is 0.186 e. The van der Waals surface area contributed by atoms with E-state index >= 15 is 0 Å². The molecule has 2 heteroatoms. The number of allylic oxidation sites excluding steroid dienone is 1. The van der Waals surface area contributed by atoms with Crippen LogP contribution in [0, 0.1) is 20.8 Å². The molecule has 1 nitrogen and oxygen atoms in total. The zero-order valence-corrected chi connectivity index (χ0v) is 16.3. The number of ketones is 1. The fourth-order valence-electron chi connectivity index (χ4n) is 2.86. The van der Waals surface area contributed by atoms with Gasteiger partial charge >= 0.3 is 0 Å². The highest BCUT2D eigenvalue weighted by molar-refractivity contribution is 8.00. The first-order chi connectivity index (χ1) is 11.2. The van der Waals surface area contributed by atoms with Gasteiger partial charge in [-0.05, 0) is 55.7 Å². The minimum absolute atomic E-state index is 0.0700. The molecular weight excluding hydrogens is 312 g/mol. The van der Waals surface area contributed by atoms with Crippen LogP contribution in [-0.4, -0.2) is 10.5 Å². The molecule has 2 aromatic carbocycles. The molecule has 0 radical (unpaired) electrons. The molecule has 0 aromatic heterocycles. The van der Waals surface area contributed by atoms with Gasteiger partial charge in [0, 0.05) is 15.2 Å². The topological polar surface area (TPSA) is 17.1 Å². The maximum absolute atomic E-state index is 12.7. The first kappa shape index (κ1) is 18.5. The predicted octanol–water partition coefficient (Wildman–Crippen LogP) is 6.40. The van der Waals surface area contributed by atoms with E-state index in [-0.39, 0.29) is 10.5 Å². The fraction of sp³-hybridized carbons (Fsp3) is 0.318. The molecule has 24 heavy (non-hydrogen) atoms. The molecule has 0 saturated carbocycles. The summed E-state index contributed by atoms with van der Waals surface area (Å²) in [6, 6.07) is 12.4. The van der Waals surface area contributed by atoms with Gasteiger partial charge in [0.25, 0.3) is 0 Å². The van der Waals surface area contributed by atoms with E-state index in [1.165, 1.54) is 10.5 Å². The average Bonchev–Trinajstić information content (AvgIpc) is 2.43. The lowest BCUT2D eigenvalue weighted by atomic mass is 9.96. The molecule has 2 rings (SSSR count). The highest BCUT2D eigenvalue weighted by Crippen LogP contribution is 2.34. The van der Waals surface area contributed by atoms with Crippen molar-refractivity contribution in [3.8, 4) is 0 Å². The molecule has 0 spiro atoms. The van der Waals surface area contributed by atoms with Crippen molar-refractivity contribution in [2.45, 2.75) is 51.2 Å². The van der Waals surface area contributed by atoms with Crippen LogP contribution in [0.15, 0.2) is 47.4 Å². The third-order valence-corrected chi connectivity index (χ3v) is 4.88. The molecule has 0 aliphatic heterocycles. The fourth-order valence-corrected chi connectivity index (χ4v) is 3.92. The zero-order valence-electron chi connectivity index (χ0n) is 15.4. The number of rotatable bonds is 4. The summed E-state index contributed by atoms with van der Waals surface area (Å²) in [7, 11) is 0. The van der Waals surface area contributed by atoms with Crippen molar-refractivity contribution in [2.24, 2.45) is 0 Å². The summed E-state index contributed by atoms with van der Waals surface area (Å²) < 4.78 is 0.137. The van der Waals surface area contributed by atoms with Crippen molar-refractivity contribution < 1.29 is 4.79 Å². The van der Waals surface area contributed by atoms with Gasteiger partial charge in [-0.1, -0.05) is 56.7 Å². The van der Waals surface area contributed by atoms with E-state index in [0.717, 1.165) is 22.3 Å². The van der Waals surface area contributed by atoms with Crippen LogP contribution in [0.4, 0.5) is 0 Å². The summed E-state index contributed by atoms with van der Waals surface area (Å²) in [4.78, 5) is 13.9. The number of benzene rings is 2. The Morgan fingerprint density at radius 2 is 1.58 bits per heavy atom. The summed E-state index contributed by atoms with van der Waals surface area (Å²) in [5, 5.41) is 0. The molecule has 0 heterocycles. The lowest BCUT2D eigenvalue weighted by Gasteiger charge is -2.18. The zero-order chi connectivity index (χ0) is 17.9. The Hall–Kier alpha value is -1.80. The van der Waals surface area contributed by atoms with Gasteiger partial charge in [0.2, 0.25) is 0 Å². The van der Waals surface area contributed by atoms with Crippen molar-refractivity contribution in [3.05, 3.63) is 70.3 Å². The highest BCUT2D eigenvalue weighted by atomic mass is 32.2. The Morgan fingerprint density at radius 3 is 2.17 bits per heavy atom. The van der Waals surface area contributed by atoms with Crippen LogP contribution in [0.3, 0.4) is 0 Å². The number of carbonyl (C=O) groups excluding carboxylic acids is 1. The van der Waals surface area contributed by atoms with Gasteiger partial charge in [-0.2, -0.15) is 0 Å². The second-order valence-corrected chi connectivity index (χ2v) is 9.09. The van der Waals surface area contributed by atoms with Crippen LogP contribution < -0.4 is 0 Å². The second kappa shape index (κ2) is 7.40. The van der Waals surface area contributed by atoms with Crippen molar-refractivity contribution in [1.29, 1.82) is 0 Å². The quantitative estimate of drug-likeness (QED) is 0.364. The number of carbonyl (C=O) groups is 1. The van der Waals surface area contributed by atoms with Gasteiger partial charge in [-0.25, -0.2) is 0 Å². The molecular formula is C22H26OS. The van der Waals surface area contributed by atoms with Gasteiger partial charge in [0.1, 0.15) is 0 Å². The molecule has 0 aliphatic carbocycles. The monoisotopic (exact) mass is 338 g/mol. The van der Waals surface area contributed by atoms with E-state index in [9.17, 15) is 4.79 Å². The van der Waals surface area contributed by atoms with Gasteiger partial charge < -0.3 is 0 Å². The molecule has 0 atom stereocenters. The molecule has 0 amide bonds. The Labute approximate surface area is 150 Å². The second-order valence-electron chi connectivity index (χ2n) is 7.22. The van der Waals surface area contributed by atoms with Crippen molar-refractivity contribution >= 4 is 23.6 Å². The maximum atomic E-state index is 12.7. The van der Waals surface area contributed by atoms with Crippen LogP contribution in [-0.2, 0) is 0 Å². The Kier molecular flexibility index (Phi) is 5.71. The van der Waals surface area contributed by atoms with Crippen LogP contribution in [0.5, 0.6) is 0 Å². The Balaban J connectivity index is 2.31. The molecule has 2 aromatic rings. The van der Waals surface area contributed by atoms with Crippen LogP contribution >= 0.6 is 11.8 Å². The van der Waals surface area contributed by atoms with Crippen molar-refractivity contribution in [1.82, 2.24) is 0 Å². The number of hydrogen-bond acceptors (Lipinski definition) is 2. The van der Waals surface area contributed by atoms with Gasteiger partial charge in [-0.3, -0.25) is 4.79 Å². The van der Waals surface area contributed by atoms with E-state index in [1.54, 1.807) is 6.08 Å². The SMILES string of the molecule is Cc1cc(C)c(C(=O)C=Cc2ccccc2SC(C)(C)C)c(C)c1.